The second-order valence-electron chi connectivity index (χ2n) is 4.25. The standard InChI is InChI=1S/C15H13BrFNO2S/c1-19-11-4-5-14(13(16)7-11)20-8-9-2-3-10(17)6-12(9)15(18)21/h2-7H,8H2,1H3,(H2,18,21). The third-order valence-electron chi connectivity index (χ3n) is 2.86. The van der Waals surface area contributed by atoms with E-state index < -0.39 is 0 Å². The van der Waals surface area contributed by atoms with E-state index in [0.29, 0.717) is 11.3 Å². The van der Waals surface area contributed by atoms with E-state index in [9.17, 15) is 4.39 Å². The van der Waals surface area contributed by atoms with Crippen LogP contribution in [0.15, 0.2) is 40.9 Å². The molecule has 0 aliphatic heterocycles. The summed E-state index contributed by atoms with van der Waals surface area (Å²) in [6.07, 6.45) is 0. The number of rotatable bonds is 5. The minimum absolute atomic E-state index is 0.141. The Hall–Kier alpha value is -1.66. The van der Waals surface area contributed by atoms with Gasteiger partial charge < -0.3 is 15.2 Å². The highest BCUT2D eigenvalue weighted by Crippen LogP contribution is 2.30. The fourth-order valence-electron chi connectivity index (χ4n) is 1.79. The minimum Gasteiger partial charge on any atom is -0.497 e. The molecule has 0 aromatic heterocycles. The SMILES string of the molecule is COc1ccc(OCc2ccc(F)cc2C(N)=S)c(Br)c1. The van der Waals surface area contributed by atoms with Gasteiger partial charge in [-0.05, 0) is 51.8 Å². The predicted molar refractivity (Wildman–Crippen MR) is 87.3 cm³/mol. The summed E-state index contributed by atoms with van der Waals surface area (Å²) in [5.74, 6) is 0.987. The molecule has 6 heteroatoms. The number of hydrogen-bond acceptors (Lipinski definition) is 3. The number of benzene rings is 2. The molecule has 21 heavy (non-hydrogen) atoms. The van der Waals surface area contributed by atoms with Crippen LogP contribution in [0.5, 0.6) is 11.5 Å². The molecule has 0 unspecified atom stereocenters. The molecule has 0 heterocycles. The van der Waals surface area contributed by atoms with Crippen molar-refractivity contribution in [3.63, 3.8) is 0 Å². The third kappa shape index (κ3) is 3.92. The van der Waals surface area contributed by atoms with Crippen LogP contribution in [-0.2, 0) is 6.61 Å². The summed E-state index contributed by atoms with van der Waals surface area (Å²) in [6, 6.07) is 9.65. The average Bonchev–Trinajstić information content (AvgIpc) is 2.46. The van der Waals surface area contributed by atoms with Gasteiger partial charge in [0.15, 0.2) is 0 Å². The highest BCUT2D eigenvalue weighted by molar-refractivity contribution is 9.10. The maximum absolute atomic E-state index is 13.2. The Kier molecular flexibility index (Phi) is 5.14. The molecule has 110 valence electrons. The lowest BCUT2D eigenvalue weighted by Crippen LogP contribution is -2.14. The molecule has 0 bridgehead atoms. The zero-order valence-corrected chi connectivity index (χ0v) is 13.6. The van der Waals surface area contributed by atoms with E-state index in [2.05, 4.69) is 15.9 Å². The van der Waals surface area contributed by atoms with E-state index in [0.717, 1.165) is 15.8 Å². The summed E-state index contributed by atoms with van der Waals surface area (Å²) in [6.45, 7) is 0.234. The molecule has 0 aliphatic carbocycles. The van der Waals surface area contributed by atoms with Crippen LogP contribution in [0.1, 0.15) is 11.1 Å². The highest BCUT2D eigenvalue weighted by Gasteiger charge is 2.09. The Bertz CT molecular complexity index is 679. The van der Waals surface area contributed by atoms with Gasteiger partial charge in [0, 0.05) is 5.56 Å². The van der Waals surface area contributed by atoms with Gasteiger partial charge in [-0.25, -0.2) is 4.39 Å². The number of ether oxygens (including phenoxy) is 2. The van der Waals surface area contributed by atoms with E-state index in [4.69, 9.17) is 27.4 Å². The molecular formula is C15H13BrFNO2S. The van der Waals surface area contributed by atoms with Gasteiger partial charge in [0.05, 0.1) is 11.6 Å². The van der Waals surface area contributed by atoms with Crippen LogP contribution < -0.4 is 15.2 Å². The maximum atomic E-state index is 13.2. The molecule has 2 aromatic rings. The molecule has 0 saturated heterocycles. The van der Waals surface area contributed by atoms with Crippen molar-refractivity contribution in [2.45, 2.75) is 6.61 Å². The van der Waals surface area contributed by atoms with Crippen LogP contribution in [0, 0.1) is 5.82 Å². The largest absolute Gasteiger partial charge is 0.497 e. The summed E-state index contributed by atoms with van der Waals surface area (Å²) in [5.41, 5.74) is 6.81. The number of hydrogen-bond donors (Lipinski definition) is 1. The van der Waals surface area contributed by atoms with Crippen molar-refractivity contribution >= 4 is 33.1 Å². The van der Waals surface area contributed by atoms with Crippen LogP contribution >= 0.6 is 28.1 Å². The summed E-state index contributed by atoms with van der Waals surface area (Å²) < 4.78 is 24.8. The molecule has 0 atom stereocenters. The molecule has 0 fully saturated rings. The second kappa shape index (κ2) is 6.87. The molecule has 2 rings (SSSR count). The van der Waals surface area contributed by atoms with Crippen LogP contribution in [0.4, 0.5) is 4.39 Å². The summed E-state index contributed by atoms with van der Waals surface area (Å²) in [4.78, 5) is 0.141. The number of thiocarbonyl (C=S) groups is 1. The Morgan fingerprint density at radius 2 is 2.05 bits per heavy atom. The maximum Gasteiger partial charge on any atom is 0.134 e. The number of nitrogens with two attached hydrogens (primary N) is 1. The first-order chi connectivity index (χ1) is 10.0. The van der Waals surface area contributed by atoms with E-state index in [1.807, 2.05) is 0 Å². The van der Waals surface area contributed by atoms with Crippen LogP contribution in [0.2, 0.25) is 0 Å². The van der Waals surface area contributed by atoms with Crippen molar-refractivity contribution in [3.05, 3.63) is 57.8 Å². The molecule has 0 aliphatic rings. The van der Waals surface area contributed by atoms with Gasteiger partial charge in [-0.15, -0.1) is 0 Å². The summed E-state index contributed by atoms with van der Waals surface area (Å²) in [5, 5.41) is 0. The number of halogens is 2. The molecular weight excluding hydrogens is 357 g/mol. The van der Waals surface area contributed by atoms with Gasteiger partial charge in [0.25, 0.3) is 0 Å². The van der Waals surface area contributed by atoms with Crippen molar-refractivity contribution < 1.29 is 13.9 Å². The topological polar surface area (TPSA) is 44.5 Å². The third-order valence-corrected chi connectivity index (χ3v) is 3.70. The fraction of sp³-hybridized carbons (Fsp3) is 0.133. The monoisotopic (exact) mass is 369 g/mol. The first-order valence-electron chi connectivity index (χ1n) is 6.06. The quantitative estimate of drug-likeness (QED) is 0.813. The lowest BCUT2D eigenvalue weighted by Gasteiger charge is -2.12. The van der Waals surface area contributed by atoms with Gasteiger partial charge in [-0.1, -0.05) is 18.3 Å². The van der Waals surface area contributed by atoms with E-state index >= 15 is 0 Å². The van der Waals surface area contributed by atoms with Crippen molar-refractivity contribution in [1.82, 2.24) is 0 Å². The Labute approximate surface area is 136 Å². The van der Waals surface area contributed by atoms with Crippen LogP contribution in [0.3, 0.4) is 0 Å². The average molecular weight is 370 g/mol. The van der Waals surface area contributed by atoms with E-state index in [-0.39, 0.29) is 17.4 Å². The lowest BCUT2D eigenvalue weighted by molar-refractivity contribution is 0.303. The van der Waals surface area contributed by atoms with E-state index in [1.165, 1.54) is 12.1 Å². The van der Waals surface area contributed by atoms with Gasteiger partial charge >= 0.3 is 0 Å². The molecule has 0 spiro atoms. The predicted octanol–water partition coefficient (Wildman–Crippen LogP) is 3.81. The summed E-state index contributed by atoms with van der Waals surface area (Å²) >= 11 is 8.33. The van der Waals surface area contributed by atoms with Crippen molar-refractivity contribution in [1.29, 1.82) is 0 Å². The van der Waals surface area contributed by atoms with Crippen molar-refractivity contribution in [2.75, 3.05) is 7.11 Å². The molecule has 2 aromatic carbocycles. The molecule has 0 radical (unpaired) electrons. The Balaban J connectivity index is 2.18. The first-order valence-corrected chi connectivity index (χ1v) is 7.26. The smallest absolute Gasteiger partial charge is 0.134 e. The lowest BCUT2D eigenvalue weighted by atomic mass is 10.1. The zero-order valence-electron chi connectivity index (χ0n) is 11.2. The molecule has 0 amide bonds. The summed E-state index contributed by atoms with van der Waals surface area (Å²) in [7, 11) is 1.59. The number of methoxy groups -OCH3 is 1. The van der Waals surface area contributed by atoms with Gasteiger partial charge in [-0.2, -0.15) is 0 Å². The van der Waals surface area contributed by atoms with Gasteiger partial charge in [-0.3, -0.25) is 0 Å². The van der Waals surface area contributed by atoms with Crippen LogP contribution in [0.25, 0.3) is 0 Å². The van der Waals surface area contributed by atoms with Gasteiger partial charge in [0.2, 0.25) is 0 Å². The zero-order chi connectivity index (χ0) is 15.4. The van der Waals surface area contributed by atoms with E-state index in [1.54, 1.807) is 31.4 Å². The van der Waals surface area contributed by atoms with Crippen molar-refractivity contribution in [3.8, 4) is 11.5 Å². The fourth-order valence-corrected chi connectivity index (χ4v) is 2.45. The second-order valence-corrected chi connectivity index (χ2v) is 5.54. The molecule has 2 N–H and O–H groups in total. The Morgan fingerprint density at radius 1 is 1.29 bits per heavy atom. The van der Waals surface area contributed by atoms with Gasteiger partial charge in [0.1, 0.15) is 28.9 Å². The van der Waals surface area contributed by atoms with Crippen LogP contribution in [-0.4, -0.2) is 12.1 Å². The minimum atomic E-state index is -0.382. The molecule has 3 nitrogen and oxygen atoms in total. The Morgan fingerprint density at radius 3 is 2.67 bits per heavy atom. The highest BCUT2D eigenvalue weighted by atomic mass is 79.9. The van der Waals surface area contributed by atoms with Crippen molar-refractivity contribution in [2.24, 2.45) is 5.73 Å². The first kappa shape index (κ1) is 15.7. The normalized spacial score (nSPS) is 10.2. The molecule has 0 saturated carbocycles.